The lowest BCUT2D eigenvalue weighted by molar-refractivity contribution is -0.272. The molecular formula is C80H139N15O36S5. The van der Waals surface area contributed by atoms with E-state index in [9.17, 15) is 74.4 Å². The number of aromatic nitrogens is 9. The normalized spacial score (nSPS) is 21.0. The van der Waals surface area contributed by atoms with Gasteiger partial charge in [0.15, 0.2) is 18.9 Å². The maximum absolute atomic E-state index is 14.2. The Balaban J connectivity index is 0.948. The van der Waals surface area contributed by atoms with Gasteiger partial charge in [0.2, 0.25) is 41.4 Å². The van der Waals surface area contributed by atoms with Gasteiger partial charge in [-0.1, -0.05) is 22.6 Å². The molecule has 7 amide bonds. The molecule has 0 aliphatic carbocycles. The van der Waals surface area contributed by atoms with Gasteiger partial charge in [-0.2, -0.15) is 0 Å². The predicted molar refractivity (Wildman–Crippen MR) is 484 cm³/mol. The average Bonchev–Trinajstić information content (AvgIpc) is 1.16. The van der Waals surface area contributed by atoms with Gasteiger partial charge in [0, 0.05) is 71.3 Å². The Bertz CT molecular complexity index is 3850. The number of aliphatic hydroxyl groups excluding tert-OH is 8. The first kappa shape index (κ1) is 119. The van der Waals surface area contributed by atoms with Crippen molar-refractivity contribution < 1.29 is 174 Å². The first-order valence-electron chi connectivity index (χ1n) is 44.9. The average molecular weight is 2050 g/mol. The highest BCUT2D eigenvalue weighted by atomic mass is 33.6. The molecule has 136 heavy (non-hydrogen) atoms. The number of aliphatic hydroxyl groups is 8. The number of imide groups is 1. The van der Waals surface area contributed by atoms with Crippen LogP contribution in [0, 0.1) is 5.92 Å². The van der Waals surface area contributed by atoms with Gasteiger partial charge in [-0.15, -0.1) is 27.0 Å². The van der Waals surface area contributed by atoms with E-state index in [1.807, 2.05) is 6.92 Å². The highest BCUT2D eigenvalue weighted by Gasteiger charge is 2.47. The van der Waals surface area contributed by atoms with E-state index in [1.165, 1.54) is 13.8 Å². The van der Waals surface area contributed by atoms with E-state index < -0.39 is 122 Å². The van der Waals surface area contributed by atoms with Crippen molar-refractivity contribution in [3.05, 3.63) is 35.7 Å². The van der Waals surface area contributed by atoms with Crippen LogP contribution < -0.4 is 26.6 Å². The number of thiol groups is 1. The molecule has 6 heterocycles. The summed E-state index contributed by atoms with van der Waals surface area (Å²) in [6.07, 6.45) is -8.13. The third-order valence-electron chi connectivity index (χ3n) is 19.9. The second kappa shape index (κ2) is 70.7. The number of ether oxygens (including phenoxy) is 21. The maximum Gasteiger partial charge on any atom is 0.233 e. The van der Waals surface area contributed by atoms with Crippen molar-refractivity contribution in [1.29, 1.82) is 0 Å². The molecule has 51 nitrogen and oxygen atoms in total. The second-order valence-electron chi connectivity index (χ2n) is 30.9. The third kappa shape index (κ3) is 49.7. The Kier molecular flexibility index (Phi) is 61.8. The topological polar surface area (TPSA) is 631 Å². The molecule has 6 rings (SSSR count). The third-order valence-corrected chi connectivity index (χ3v) is 27.9. The second-order valence-corrected chi connectivity index (χ2v) is 41.6. The fourth-order valence-electron chi connectivity index (χ4n) is 13.0. The van der Waals surface area contributed by atoms with E-state index in [0.717, 1.165) is 13.8 Å². The molecule has 0 spiro atoms. The van der Waals surface area contributed by atoms with Crippen molar-refractivity contribution in [2.24, 2.45) is 5.92 Å². The molecule has 0 aromatic carbocycles. The van der Waals surface area contributed by atoms with Crippen LogP contribution in [0.1, 0.15) is 76.4 Å². The molecule has 0 radical (unpaired) electrons. The zero-order valence-corrected chi connectivity index (χ0v) is 81.3. The van der Waals surface area contributed by atoms with Crippen LogP contribution in [0.15, 0.2) is 18.6 Å². The fraction of sp³-hybridized carbons (Fsp3) is 0.838. The summed E-state index contributed by atoms with van der Waals surface area (Å²) < 4.78 is 125. The highest BCUT2D eigenvalue weighted by molar-refractivity contribution is 8.96. The van der Waals surface area contributed by atoms with Crippen LogP contribution in [0.2, 0.25) is 0 Å². The van der Waals surface area contributed by atoms with Crippen molar-refractivity contribution in [1.82, 2.24) is 76.5 Å². The van der Waals surface area contributed by atoms with Crippen molar-refractivity contribution in [2.75, 3.05) is 250 Å². The number of hydrogen-bond acceptors (Lipinski definition) is 44. The summed E-state index contributed by atoms with van der Waals surface area (Å²) in [5, 5.41) is 119. The van der Waals surface area contributed by atoms with Crippen LogP contribution in [0.4, 0.5) is 0 Å². The van der Waals surface area contributed by atoms with Crippen LogP contribution in [0.5, 0.6) is 0 Å². The number of hydrogen-bond donors (Lipinski definition) is 14. The first-order chi connectivity index (χ1) is 65.8. The standard InChI is InChI=1S/C80H139N15O36S5/c1-4-63(101)44-70(126-20-14-96)127-40-37-120-28-23-113-17-11-92-45-60(86-89-92)50-123-54-80(55-124-51-61-46-93(90-87-61)12-18-114-24-29-121-38-41-128-78-71(83-57(2)99)75(108)73(106)64(48-97)130-78,56-125-52-62-47-94(91-88-62)13-19-115-25-30-122-39-42-129-79-72(84-58(3)100)76(109)74(107)65(49-98)131-79)85-68(104)5-8-81-67(103)7-15-111-21-26-116-31-33-118-35-36-119-34-32-117-27-22-112-16-9-82-66(102)6-10-95-69(105)43-59(77(95)110)53-136(133,134)135-132/h45-47,59,63-65,70-76,78-79,96-98,101,106-109H,4-44,48-56H2,1-3H3,(H,81,103)(H,82,102)(H,83,99)(H,84,100)(H,85,104)(H,133,134)/t59?,63?,64?,65?,70-,71-,72-,73-,74-,75?,76?,78+,79+,80?/m1/s1. The smallest absolute Gasteiger partial charge is 0.233 e. The minimum absolute atomic E-state index is 0.0139. The summed E-state index contributed by atoms with van der Waals surface area (Å²) in [7, 11) is 0.995. The minimum Gasteiger partial charge on any atom is -0.394 e. The summed E-state index contributed by atoms with van der Waals surface area (Å²) >= 11 is 14.7. The quantitative estimate of drug-likeness (QED) is 0.00821. The van der Waals surface area contributed by atoms with Gasteiger partial charge in [0.1, 0.15) is 71.3 Å². The minimum atomic E-state index is -1.94. The number of nitrogens with zero attached hydrogens (tertiary/aromatic N) is 10. The Morgan fingerprint density at radius 1 is 0.507 bits per heavy atom. The van der Waals surface area contributed by atoms with Crippen LogP contribution in [0.25, 0.3) is 0 Å². The van der Waals surface area contributed by atoms with Gasteiger partial charge in [0.25, 0.3) is 0 Å². The lowest BCUT2D eigenvalue weighted by Crippen LogP contribution is -2.64. The molecule has 3 fully saturated rings. The van der Waals surface area contributed by atoms with Crippen molar-refractivity contribution in [3.63, 3.8) is 0 Å². The number of amides is 7. The summed E-state index contributed by atoms with van der Waals surface area (Å²) in [4.78, 5) is 89.5. The van der Waals surface area contributed by atoms with Crippen molar-refractivity contribution >= 4 is 90.4 Å². The van der Waals surface area contributed by atoms with Crippen LogP contribution in [-0.2, 0) is 210 Å². The van der Waals surface area contributed by atoms with E-state index in [0.29, 0.717) is 76.3 Å². The van der Waals surface area contributed by atoms with E-state index in [4.69, 9.17) is 122 Å². The molecule has 3 aliphatic heterocycles. The number of rotatable bonds is 82. The Hall–Kier alpha value is -5.89. The van der Waals surface area contributed by atoms with Crippen LogP contribution in [0.3, 0.4) is 0 Å². The molecule has 0 bridgehead atoms. The van der Waals surface area contributed by atoms with Gasteiger partial charge in [-0.25, -0.2) is 14.0 Å². The maximum atomic E-state index is 14.2. The van der Waals surface area contributed by atoms with Gasteiger partial charge in [-0.3, -0.25) is 38.5 Å². The zero-order chi connectivity index (χ0) is 98.4. The molecular weight excluding hydrogens is 1910 g/mol. The van der Waals surface area contributed by atoms with Gasteiger partial charge in [-0.05, 0) is 43.9 Å². The molecule has 3 aliphatic rings. The number of nitrogens with one attached hydrogen (secondary N) is 5. The van der Waals surface area contributed by atoms with Crippen LogP contribution in [-0.4, -0.2) is 461 Å². The molecule has 7 unspecified atom stereocenters. The molecule has 14 atom stereocenters. The molecule has 13 N–H and O–H groups in total. The Morgan fingerprint density at radius 2 is 0.890 bits per heavy atom. The summed E-state index contributed by atoms with van der Waals surface area (Å²) in [6.45, 7) is 8.81. The van der Waals surface area contributed by atoms with Crippen molar-refractivity contribution in [2.45, 2.75) is 178 Å². The zero-order valence-electron chi connectivity index (χ0n) is 77.2. The highest BCUT2D eigenvalue weighted by Crippen LogP contribution is 2.26. The SMILES string of the molecule is CCC(O)C[C@H](OCCO)OCCOCCOCCn1cc(COCC(COCc2cn(CCOCCOCCO[C@H]3OC(CO)[C@@H](O)C(O)[C@H]3NC(C)=O)nn2)(COCc2cn(CCOCCOCCO[C@H]3OC(CO)[C@@H](O)C(O)[C@H]3NC(C)=O)nn2)NC(=O)CCNC(=O)CCOCCOCCOCCOCCOCCOCCNC(=O)CCN2C(=O)CC(CS(=S)(S)=S=S)C2=O)nn1. The molecule has 3 saturated heterocycles. The lowest BCUT2D eigenvalue weighted by Gasteiger charge is -2.42. The predicted octanol–water partition coefficient (Wildman–Crippen LogP) is -7.40. The summed E-state index contributed by atoms with van der Waals surface area (Å²) in [5.74, 6) is -3.19. The number of carbonyl (C=O) groups is 7. The monoisotopic (exact) mass is 2050 g/mol. The molecule has 780 valence electrons. The van der Waals surface area contributed by atoms with Crippen LogP contribution >= 0.6 is 11.7 Å². The van der Waals surface area contributed by atoms with E-state index >= 15 is 0 Å². The van der Waals surface area contributed by atoms with E-state index in [-0.39, 0.29) is 279 Å². The van der Waals surface area contributed by atoms with Gasteiger partial charge < -0.3 is 167 Å². The Labute approximate surface area is 806 Å². The molecule has 3 aromatic rings. The molecule has 0 saturated carbocycles. The molecule has 56 heteroatoms. The molecule has 3 aromatic heterocycles. The first-order valence-corrected chi connectivity index (χ1v) is 50.9. The summed E-state index contributed by atoms with van der Waals surface area (Å²) in [6, 6.07) is -2.20. The number of carbonyl (C=O) groups excluding carboxylic acids is 7. The fourth-order valence-corrected chi connectivity index (χ4v) is 16.0. The van der Waals surface area contributed by atoms with E-state index in [1.54, 1.807) is 32.6 Å². The number of likely N-dealkylation sites (tertiary alicyclic amines) is 1. The summed E-state index contributed by atoms with van der Waals surface area (Å²) in [5.41, 5.74) is -0.198. The van der Waals surface area contributed by atoms with Crippen molar-refractivity contribution in [3.8, 4) is 0 Å². The largest absolute Gasteiger partial charge is 0.394 e. The Morgan fingerprint density at radius 3 is 1.29 bits per heavy atom. The van der Waals surface area contributed by atoms with Gasteiger partial charge in [0.05, 0.1) is 295 Å². The van der Waals surface area contributed by atoms with E-state index in [2.05, 4.69) is 69.2 Å². The van der Waals surface area contributed by atoms with Gasteiger partial charge >= 0.3 is 0 Å². The lowest BCUT2D eigenvalue weighted by atomic mass is 9.97.